The van der Waals surface area contributed by atoms with Crippen molar-refractivity contribution in [1.82, 2.24) is 0 Å². The molecule has 1 aromatic rings. The molecule has 2 aliphatic heterocycles. The number of phenolic OH excluding ortho intramolecular Hbond substituents is 1. The molecule has 0 radical (unpaired) electrons. The lowest BCUT2D eigenvalue weighted by atomic mass is 9.44. The Hall–Kier alpha value is -1.59. The number of phenols is 1. The monoisotopic (exact) mass is 385 g/mol. The molecular weight excluding hydrogens is 354 g/mol. The van der Waals surface area contributed by atoms with Crippen molar-refractivity contribution in [2.75, 3.05) is 20.1 Å². The number of rotatable bonds is 2. The van der Waals surface area contributed by atoms with E-state index in [9.17, 15) is 15.0 Å². The average molecular weight is 386 g/mol. The molecule has 2 heterocycles. The van der Waals surface area contributed by atoms with E-state index in [1.165, 1.54) is 12.8 Å². The zero-order valence-electron chi connectivity index (χ0n) is 17.1. The number of carbonyl (C=O) groups excluding carboxylic acids is 1. The standard InChI is InChI=1S/C22H27NO4.CH3/c1-20-17(25)7-8-22(26)16-11-14-5-6-15(24)19(27-20)18(14)21(20,22)9-10-23(16,2)12-13-3-4-13;/h5-6,13,16,26H,3-4,7-12H2,1-2H3;1H3/q;-1/p+1/t16-,20+,21+,22-,23-;/m1./s1. The molecule has 0 aromatic heterocycles. The summed E-state index contributed by atoms with van der Waals surface area (Å²) >= 11 is 0. The SMILES string of the molecule is C[C@@]12Oc3c(O)ccc4c3[C@@]13CC[N@+](C)(CC1CC1)[C@H](C4)[C@]3(O)CCC2=O.[CH3-]. The summed E-state index contributed by atoms with van der Waals surface area (Å²) in [5.74, 6) is 1.38. The predicted molar refractivity (Wildman–Crippen MR) is 105 cm³/mol. The third-order valence-corrected chi connectivity index (χ3v) is 8.86. The van der Waals surface area contributed by atoms with E-state index in [1.807, 2.05) is 13.0 Å². The number of benzene rings is 1. The van der Waals surface area contributed by atoms with E-state index in [0.717, 1.165) is 47.5 Å². The van der Waals surface area contributed by atoms with Gasteiger partial charge in [-0.3, -0.25) is 4.79 Å². The molecule has 3 fully saturated rings. The summed E-state index contributed by atoms with van der Waals surface area (Å²) in [7, 11) is 2.31. The molecule has 152 valence electrons. The van der Waals surface area contributed by atoms with Crippen molar-refractivity contribution < 1.29 is 24.2 Å². The lowest BCUT2D eigenvalue weighted by molar-refractivity contribution is -0.950. The van der Waals surface area contributed by atoms with Crippen molar-refractivity contribution in [3.63, 3.8) is 0 Å². The van der Waals surface area contributed by atoms with Gasteiger partial charge in [0, 0.05) is 30.7 Å². The number of nitrogens with zero attached hydrogens (tertiary/aromatic N) is 1. The van der Waals surface area contributed by atoms with Gasteiger partial charge >= 0.3 is 0 Å². The van der Waals surface area contributed by atoms with E-state index in [2.05, 4.69) is 7.05 Å². The number of Topliss-reactive ketones (excluding diaryl/α,β-unsaturated/α-hetero) is 1. The first kappa shape index (κ1) is 18.4. The van der Waals surface area contributed by atoms with Crippen LogP contribution in [0.5, 0.6) is 11.5 Å². The summed E-state index contributed by atoms with van der Waals surface area (Å²) in [6.07, 6.45) is 4.98. The lowest BCUT2D eigenvalue weighted by Crippen LogP contribution is -2.83. The second-order valence-corrected chi connectivity index (χ2v) is 10.1. The molecule has 2 saturated carbocycles. The number of quaternary nitrogens is 1. The Kier molecular flexibility index (Phi) is 3.37. The van der Waals surface area contributed by atoms with Crippen molar-refractivity contribution in [1.29, 1.82) is 0 Å². The first-order valence-corrected chi connectivity index (χ1v) is 10.4. The largest absolute Gasteiger partial charge is 0.504 e. The average Bonchev–Trinajstić information content (AvgIpc) is 3.37. The fourth-order valence-electron chi connectivity index (χ4n) is 7.40. The van der Waals surface area contributed by atoms with E-state index in [-0.39, 0.29) is 25.0 Å². The number of hydrogen-bond donors (Lipinski definition) is 2. The van der Waals surface area contributed by atoms with Crippen LogP contribution in [0.1, 0.15) is 50.2 Å². The van der Waals surface area contributed by atoms with Crippen molar-refractivity contribution >= 4 is 5.78 Å². The zero-order valence-corrected chi connectivity index (χ0v) is 17.1. The van der Waals surface area contributed by atoms with Crippen LogP contribution in [-0.4, -0.2) is 57.9 Å². The molecule has 5 heteroatoms. The van der Waals surface area contributed by atoms with E-state index in [4.69, 9.17) is 4.74 Å². The fraction of sp³-hybridized carbons (Fsp3) is 0.652. The molecule has 28 heavy (non-hydrogen) atoms. The molecular formula is C23H31NO4. The van der Waals surface area contributed by atoms with Gasteiger partial charge in [-0.1, -0.05) is 6.07 Å². The Morgan fingerprint density at radius 2 is 2.04 bits per heavy atom. The molecule has 5 aliphatic rings. The maximum atomic E-state index is 13.1. The molecule has 3 aliphatic carbocycles. The predicted octanol–water partition coefficient (Wildman–Crippen LogP) is 2.51. The number of carbonyl (C=O) groups is 1. The van der Waals surface area contributed by atoms with Crippen LogP contribution in [0.4, 0.5) is 0 Å². The maximum absolute atomic E-state index is 13.1. The summed E-state index contributed by atoms with van der Waals surface area (Å²) in [6.45, 7) is 3.93. The van der Waals surface area contributed by atoms with Gasteiger partial charge in [-0.05, 0) is 37.8 Å². The van der Waals surface area contributed by atoms with Crippen molar-refractivity contribution in [3.05, 3.63) is 30.7 Å². The van der Waals surface area contributed by atoms with Crippen LogP contribution in [0, 0.1) is 13.3 Å². The summed E-state index contributed by atoms with van der Waals surface area (Å²) in [5, 5.41) is 22.8. The van der Waals surface area contributed by atoms with Gasteiger partial charge < -0.3 is 26.9 Å². The first-order chi connectivity index (χ1) is 12.8. The maximum Gasteiger partial charge on any atom is 0.177 e. The molecule has 0 unspecified atom stereocenters. The summed E-state index contributed by atoms with van der Waals surface area (Å²) in [6, 6.07) is 3.76. The number of likely N-dealkylation sites (tertiary alicyclic amines) is 1. The van der Waals surface area contributed by atoms with Gasteiger partial charge in [-0.25, -0.2) is 0 Å². The smallest absolute Gasteiger partial charge is 0.177 e. The second kappa shape index (κ2) is 5.11. The Labute approximate surface area is 166 Å². The van der Waals surface area contributed by atoms with E-state index in [0.29, 0.717) is 18.6 Å². The molecule has 1 aromatic carbocycles. The number of hydrogen-bond acceptors (Lipinski definition) is 4. The van der Waals surface area contributed by atoms with Gasteiger partial charge in [0.05, 0.1) is 25.6 Å². The molecule has 1 saturated heterocycles. The minimum Gasteiger partial charge on any atom is -0.504 e. The van der Waals surface area contributed by atoms with E-state index < -0.39 is 16.6 Å². The highest BCUT2D eigenvalue weighted by Gasteiger charge is 2.80. The Bertz CT molecular complexity index is 895. The van der Waals surface area contributed by atoms with Crippen molar-refractivity contribution in [2.24, 2.45) is 5.92 Å². The highest BCUT2D eigenvalue weighted by Crippen LogP contribution is 2.69. The van der Waals surface area contributed by atoms with Crippen LogP contribution in [0.3, 0.4) is 0 Å². The molecule has 2 N–H and O–H groups in total. The third-order valence-electron chi connectivity index (χ3n) is 8.86. The van der Waals surface area contributed by atoms with Crippen LogP contribution in [-0.2, 0) is 16.6 Å². The minimum absolute atomic E-state index is 0. The third kappa shape index (κ3) is 1.75. The van der Waals surface area contributed by atoms with Gasteiger partial charge in [-0.2, -0.15) is 0 Å². The number of likely N-dealkylation sites (N-methyl/N-ethyl adjacent to an activating group) is 1. The molecule has 6 rings (SSSR count). The molecule has 5 nitrogen and oxygen atoms in total. The number of piperidine rings is 1. The van der Waals surface area contributed by atoms with Gasteiger partial charge in [0.2, 0.25) is 0 Å². The summed E-state index contributed by atoms with van der Waals surface area (Å²) < 4.78 is 7.16. The van der Waals surface area contributed by atoms with Crippen LogP contribution < -0.4 is 4.74 Å². The van der Waals surface area contributed by atoms with Gasteiger partial charge in [0.1, 0.15) is 11.6 Å². The van der Waals surface area contributed by atoms with E-state index in [1.54, 1.807) is 6.07 Å². The molecule has 5 atom stereocenters. The Morgan fingerprint density at radius 1 is 1.29 bits per heavy atom. The highest BCUT2D eigenvalue weighted by atomic mass is 16.5. The number of ether oxygens (including phenoxy) is 1. The van der Waals surface area contributed by atoms with Gasteiger partial charge in [-0.15, -0.1) is 0 Å². The summed E-state index contributed by atoms with van der Waals surface area (Å²) in [5.41, 5.74) is -0.711. The molecule has 0 amide bonds. The molecule has 1 spiro atoms. The normalized spacial score (nSPS) is 45.1. The lowest BCUT2D eigenvalue weighted by Gasteiger charge is -2.66. The van der Waals surface area contributed by atoms with Crippen molar-refractivity contribution in [2.45, 2.75) is 68.1 Å². The van der Waals surface area contributed by atoms with Crippen LogP contribution in [0.15, 0.2) is 12.1 Å². The van der Waals surface area contributed by atoms with Crippen molar-refractivity contribution in [3.8, 4) is 11.5 Å². The number of aromatic hydroxyl groups is 1. The highest BCUT2D eigenvalue weighted by molar-refractivity contribution is 5.93. The quantitative estimate of drug-likeness (QED) is 0.606. The first-order valence-electron chi connectivity index (χ1n) is 10.4. The number of aliphatic hydroxyl groups is 1. The van der Waals surface area contributed by atoms with Crippen LogP contribution in [0.25, 0.3) is 0 Å². The second-order valence-electron chi connectivity index (χ2n) is 10.1. The zero-order chi connectivity index (χ0) is 18.8. The topological polar surface area (TPSA) is 66.8 Å². The minimum atomic E-state index is -1.08. The Balaban J connectivity index is 0.00000171. The Morgan fingerprint density at radius 3 is 2.75 bits per heavy atom. The van der Waals surface area contributed by atoms with Gasteiger partial charge in [0.15, 0.2) is 22.9 Å². The van der Waals surface area contributed by atoms with Gasteiger partial charge in [0.25, 0.3) is 0 Å². The van der Waals surface area contributed by atoms with E-state index >= 15 is 0 Å². The van der Waals surface area contributed by atoms with Crippen LogP contribution >= 0.6 is 0 Å². The summed E-state index contributed by atoms with van der Waals surface area (Å²) in [4.78, 5) is 13.1. The van der Waals surface area contributed by atoms with Crippen LogP contribution in [0.2, 0.25) is 0 Å². The molecule has 2 bridgehead atoms. The fourth-order valence-corrected chi connectivity index (χ4v) is 7.40. The number of ketones is 1.